The summed E-state index contributed by atoms with van der Waals surface area (Å²) in [6, 6.07) is 0. The molecule has 0 radical (unpaired) electrons. The minimum atomic E-state index is -4.30. The van der Waals surface area contributed by atoms with Crippen molar-refractivity contribution in [2.75, 3.05) is 12.3 Å². The smallest absolute Gasteiger partial charge is 0.387 e. The van der Waals surface area contributed by atoms with Crippen LogP contribution in [0.3, 0.4) is 0 Å². The lowest BCUT2D eigenvalue weighted by molar-refractivity contribution is -0.0506. The molecule has 29 heavy (non-hydrogen) atoms. The van der Waals surface area contributed by atoms with E-state index < -0.39 is 44.6 Å². The third-order valence-corrected chi connectivity index (χ3v) is 6.05. The van der Waals surface area contributed by atoms with Crippen molar-refractivity contribution in [3.63, 3.8) is 0 Å². The van der Waals surface area contributed by atoms with Gasteiger partial charge in [0.2, 0.25) is 0 Å². The molecule has 14 nitrogen and oxygen atoms in total. The van der Waals surface area contributed by atoms with Gasteiger partial charge in [0.15, 0.2) is 17.7 Å². The number of H-pyrrole nitrogens is 1. The second-order valence-electron chi connectivity index (χ2n) is 6.40. The van der Waals surface area contributed by atoms with Crippen LogP contribution in [0.2, 0.25) is 0 Å². The monoisotopic (exact) mass is 427 g/mol. The summed E-state index contributed by atoms with van der Waals surface area (Å²) in [6.45, 7) is 0.976. The number of hydrogen-bond acceptors (Lipinski definition) is 10. The number of anilines is 1. The first-order valence-corrected chi connectivity index (χ1v) is 9.94. The second kappa shape index (κ2) is 7.02. The largest absolute Gasteiger partial charge is 0.437 e. The Hall–Kier alpha value is -2.61. The van der Waals surface area contributed by atoms with Crippen LogP contribution in [0.15, 0.2) is 23.5 Å². The summed E-state index contributed by atoms with van der Waals surface area (Å²) in [5.41, 5.74) is 5.16. The summed E-state index contributed by atoms with van der Waals surface area (Å²) in [4.78, 5) is 36.6. The summed E-state index contributed by atoms with van der Waals surface area (Å²) < 4.78 is 24.9. The number of ether oxygens (including phenoxy) is 1. The molecule has 1 fully saturated rings. The minimum absolute atomic E-state index is 0.0715. The summed E-state index contributed by atoms with van der Waals surface area (Å²) in [7, 11) is -4.30. The number of nitrogens with one attached hydrogen (secondary N) is 1. The molecule has 15 heteroatoms. The number of nitrogen functional groups attached to an aromatic ring is 1. The van der Waals surface area contributed by atoms with E-state index in [1.807, 2.05) is 0 Å². The summed E-state index contributed by atoms with van der Waals surface area (Å²) in [5, 5.41) is 20.7. The normalized spacial score (nSPS) is 26.8. The minimum Gasteiger partial charge on any atom is -0.387 e. The zero-order chi connectivity index (χ0) is 20.9. The number of aromatic amines is 1. The fraction of sp³-hybridized carbons (Fsp3) is 0.429. The van der Waals surface area contributed by atoms with Crippen LogP contribution >= 0.6 is 7.75 Å². The lowest BCUT2D eigenvalue weighted by Gasteiger charge is -2.19. The maximum absolute atomic E-state index is 12.4. The molecule has 1 aliphatic heterocycles. The first-order chi connectivity index (χ1) is 13.7. The first kappa shape index (κ1) is 19.7. The molecule has 3 aromatic rings. The average molecular weight is 427 g/mol. The molecule has 1 aliphatic rings. The van der Waals surface area contributed by atoms with E-state index in [1.54, 1.807) is 0 Å². The number of imidazole rings is 2. The van der Waals surface area contributed by atoms with Gasteiger partial charge < -0.3 is 30.6 Å². The van der Waals surface area contributed by atoms with Gasteiger partial charge in [-0.25, -0.2) is 28.2 Å². The predicted molar refractivity (Wildman–Crippen MR) is 96.6 cm³/mol. The van der Waals surface area contributed by atoms with Crippen LogP contribution in [0.25, 0.3) is 11.2 Å². The third kappa shape index (κ3) is 3.25. The lowest BCUT2D eigenvalue weighted by atomic mass is 10.1. The van der Waals surface area contributed by atoms with Crippen LogP contribution in [0, 0.1) is 6.92 Å². The van der Waals surface area contributed by atoms with Crippen molar-refractivity contribution >= 4 is 24.7 Å². The predicted octanol–water partition coefficient (Wildman–Crippen LogP) is -1.51. The Morgan fingerprint density at radius 3 is 2.83 bits per heavy atom. The van der Waals surface area contributed by atoms with E-state index in [-0.39, 0.29) is 22.8 Å². The molecule has 4 rings (SSSR count). The fourth-order valence-corrected chi connectivity index (χ4v) is 4.25. The Bertz CT molecular complexity index is 1160. The van der Waals surface area contributed by atoms with Gasteiger partial charge in [0.05, 0.1) is 12.9 Å². The summed E-state index contributed by atoms with van der Waals surface area (Å²) in [6.07, 6.45) is -1.75. The van der Waals surface area contributed by atoms with Crippen molar-refractivity contribution in [2.45, 2.75) is 31.5 Å². The molecule has 3 aromatic heterocycles. The van der Waals surface area contributed by atoms with Crippen LogP contribution in [-0.2, 0) is 13.8 Å². The van der Waals surface area contributed by atoms with Gasteiger partial charge in [-0.2, -0.15) is 4.98 Å². The quantitative estimate of drug-likeness (QED) is 0.296. The molecule has 156 valence electrons. The maximum atomic E-state index is 12.4. The number of hydrogen-bond donors (Lipinski definition) is 5. The number of aliphatic hydroxyl groups excluding tert-OH is 2. The number of nitrogens with two attached hydrogens (primary N) is 1. The molecule has 4 heterocycles. The molecule has 1 saturated heterocycles. The van der Waals surface area contributed by atoms with Gasteiger partial charge in [-0.1, -0.05) is 0 Å². The van der Waals surface area contributed by atoms with E-state index >= 15 is 0 Å². The third-order valence-electron chi connectivity index (χ3n) is 4.60. The molecule has 0 amide bonds. The standard InChI is InChI=1S/C14H18N7O7P/c1-6-16-2-3-20(6)29(25,26)27-4-7-9(22)10(23)13(28-7)21-12-8(17-5-18-12)11(15)19-14(21)24/h2-3,5,7,9-10,13,22-23H,4H2,1H3,(H,17,18)(H,25,26)(H2,15,19,24)/t7-,9-,10-,13-/m1/s1. The van der Waals surface area contributed by atoms with Crippen molar-refractivity contribution in [2.24, 2.45) is 0 Å². The van der Waals surface area contributed by atoms with Crippen LogP contribution in [0.5, 0.6) is 0 Å². The number of aromatic nitrogens is 6. The van der Waals surface area contributed by atoms with Gasteiger partial charge in [0.1, 0.15) is 29.7 Å². The van der Waals surface area contributed by atoms with Gasteiger partial charge in [-0.3, -0.25) is 4.52 Å². The van der Waals surface area contributed by atoms with E-state index in [0.29, 0.717) is 0 Å². The molecule has 1 unspecified atom stereocenters. The van der Waals surface area contributed by atoms with Gasteiger partial charge in [-0.05, 0) is 6.92 Å². The molecule has 0 aromatic carbocycles. The van der Waals surface area contributed by atoms with Crippen LogP contribution in [0.4, 0.5) is 5.82 Å². The Balaban J connectivity index is 1.58. The van der Waals surface area contributed by atoms with Crippen molar-refractivity contribution in [3.8, 4) is 0 Å². The highest BCUT2D eigenvalue weighted by Crippen LogP contribution is 2.45. The van der Waals surface area contributed by atoms with Crippen LogP contribution in [0.1, 0.15) is 12.1 Å². The molecule has 0 spiro atoms. The van der Waals surface area contributed by atoms with Gasteiger partial charge >= 0.3 is 13.4 Å². The number of aryl methyl sites for hydroxylation is 1. The number of nitrogens with zero attached hydrogens (tertiary/aromatic N) is 5. The SMILES string of the molecule is Cc1nccn1P(=O)(O)OC[C@H]1O[C@@H](n2c(=O)nc(N)c3[nH]cnc32)[C@H](O)[C@@H]1O. The van der Waals surface area contributed by atoms with Gasteiger partial charge in [0, 0.05) is 12.4 Å². The van der Waals surface area contributed by atoms with Crippen molar-refractivity contribution in [1.82, 2.24) is 28.8 Å². The fourth-order valence-electron chi connectivity index (χ4n) is 3.14. The number of aliphatic hydroxyl groups is 2. The van der Waals surface area contributed by atoms with Crippen molar-refractivity contribution in [3.05, 3.63) is 35.0 Å². The van der Waals surface area contributed by atoms with E-state index in [1.165, 1.54) is 25.6 Å². The van der Waals surface area contributed by atoms with E-state index in [2.05, 4.69) is 19.9 Å². The van der Waals surface area contributed by atoms with Crippen molar-refractivity contribution in [1.29, 1.82) is 0 Å². The first-order valence-electron chi connectivity index (χ1n) is 8.41. The lowest BCUT2D eigenvalue weighted by Crippen LogP contribution is -2.36. The van der Waals surface area contributed by atoms with Crippen LogP contribution < -0.4 is 11.4 Å². The Morgan fingerprint density at radius 2 is 2.14 bits per heavy atom. The van der Waals surface area contributed by atoms with Gasteiger partial charge in [-0.15, -0.1) is 0 Å². The highest BCUT2D eigenvalue weighted by atomic mass is 31.2. The molecule has 6 N–H and O–H groups in total. The summed E-state index contributed by atoms with van der Waals surface area (Å²) >= 11 is 0. The number of rotatable bonds is 5. The highest BCUT2D eigenvalue weighted by Gasteiger charge is 2.46. The Kier molecular flexibility index (Phi) is 4.77. The maximum Gasteiger partial charge on any atom is 0.437 e. The number of fused-ring (bicyclic) bond motifs is 1. The Morgan fingerprint density at radius 1 is 1.38 bits per heavy atom. The highest BCUT2D eigenvalue weighted by molar-refractivity contribution is 7.51. The zero-order valence-corrected chi connectivity index (χ0v) is 15.9. The molecule has 5 atom stereocenters. The van der Waals surface area contributed by atoms with Crippen LogP contribution in [-0.4, -0.2) is 68.9 Å². The van der Waals surface area contributed by atoms with Crippen molar-refractivity contribution < 1.29 is 28.9 Å². The molecule has 0 aliphatic carbocycles. The summed E-state index contributed by atoms with van der Waals surface area (Å²) in [5.74, 6) is 0.172. The average Bonchev–Trinajstić information content (AvgIpc) is 3.36. The van der Waals surface area contributed by atoms with E-state index in [9.17, 15) is 24.5 Å². The Labute approximate surface area is 162 Å². The molecule has 0 bridgehead atoms. The molecular formula is C14H18N7O7P. The second-order valence-corrected chi connectivity index (χ2v) is 8.07. The van der Waals surface area contributed by atoms with E-state index in [4.69, 9.17) is 15.0 Å². The topological polar surface area (TPSA) is 204 Å². The molecule has 0 saturated carbocycles. The molecular weight excluding hydrogens is 409 g/mol. The van der Waals surface area contributed by atoms with Gasteiger partial charge in [0.25, 0.3) is 0 Å². The zero-order valence-electron chi connectivity index (χ0n) is 15.0. The van der Waals surface area contributed by atoms with E-state index in [0.717, 1.165) is 8.90 Å².